The molecular weight excluding hydrogens is 258 g/mol. The number of nitrogens with zero attached hydrogens (tertiary/aromatic N) is 2. The second-order valence-electron chi connectivity index (χ2n) is 7.17. The molecule has 1 heterocycles. The summed E-state index contributed by atoms with van der Waals surface area (Å²) in [6.07, 6.45) is 0.942. The molecule has 21 heavy (non-hydrogen) atoms. The predicted molar refractivity (Wildman–Crippen MR) is 90.1 cm³/mol. The van der Waals surface area contributed by atoms with E-state index >= 15 is 0 Å². The molecule has 0 aliphatic carbocycles. The van der Waals surface area contributed by atoms with Gasteiger partial charge in [0.2, 0.25) is 0 Å². The van der Waals surface area contributed by atoms with E-state index in [0.717, 1.165) is 29.1 Å². The number of nitrogens with two attached hydrogens (primary N) is 1. The lowest BCUT2D eigenvalue weighted by atomic mass is 9.79. The lowest BCUT2D eigenvalue weighted by Crippen LogP contribution is -2.20. The van der Waals surface area contributed by atoms with Crippen molar-refractivity contribution in [3.05, 3.63) is 35.5 Å². The number of benzene rings is 1. The molecule has 0 saturated heterocycles. The van der Waals surface area contributed by atoms with Crippen molar-refractivity contribution in [2.75, 3.05) is 5.73 Å². The van der Waals surface area contributed by atoms with Gasteiger partial charge in [-0.25, -0.2) is 0 Å². The minimum Gasteiger partial charge on any atom is -0.383 e. The third-order valence-corrected chi connectivity index (χ3v) is 4.48. The summed E-state index contributed by atoms with van der Waals surface area (Å²) in [5, 5.41) is 4.65. The average molecular weight is 285 g/mol. The van der Waals surface area contributed by atoms with Crippen molar-refractivity contribution in [3.63, 3.8) is 0 Å². The number of aromatic nitrogens is 2. The molecule has 1 atom stereocenters. The van der Waals surface area contributed by atoms with Crippen LogP contribution in [-0.4, -0.2) is 9.78 Å². The van der Waals surface area contributed by atoms with Gasteiger partial charge in [-0.15, -0.1) is 0 Å². The van der Waals surface area contributed by atoms with Gasteiger partial charge in [0, 0.05) is 12.6 Å². The molecule has 2 N–H and O–H groups in total. The van der Waals surface area contributed by atoms with Gasteiger partial charge in [0.15, 0.2) is 0 Å². The highest BCUT2D eigenvalue weighted by molar-refractivity contribution is 5.76. The van der Waals surface area contributed by atoms with Crippen LogP contribution in [0.3, 0.4) is 0 Å². The van der Waals surface area contributed by atoms with Gasteiger partial charge in [0.25, 0.3) is 0 Å². The van der Waals surface area contributed by atoms with E-state index in [0.29, 0.717) is 5.92 Å². The van der Waals surface area contributed by atoms with Crippen LogP contribution in [0.2, 0.25) is 0 Å². The molecular formula is C18H27N3. The largest absolute Gasteiger partial charge is 0.383 e. The van der Waals surface area contributed by atoms with Crippen molar-refractivity contribution in [2.45, 2.75) is 41.0 Å². The summed E-state index contributed by atoms with van der Waals surface area (Å²) in [4.78, 5) is 0. The van der Waals surface area contributed by atoms with Crippen molar-refractivity contribution in [2.24, 2.45) is 18.4 Å². The van der Waals surface area contributed by atoms with Gasteiger partial charge < -0.3 is 5.73 Å². The molecule has 0 bridgehead atoms. The van der Waals surface area contributed by atoms with Crippen LogP contribution in [0, 0.1) is 18.3 Å². The maximum atomic E-state index is 6.26. The van der Waals surface area contributed by atoms with Gasteiger partial charge in [-0.05, 0) is 30.2 Å². The highest BCUT2D eigenvalue weighted by Gasteiger charge is 2.24. The number of anilines is 1. The third kappa shape index (κ3) is 3.29. The van der Waals surface area contributed by atoms with Crippen LogP contribution < -0.4 is 5.73 Å². The third-order valence-electron chi connectivity index (χ3n) is 4.48. The molecule has 3 heteroatoms. The molecule has 0 aliphatic heterocycles. The Bertz CT molecular complexity index is 615. The highest BCUT2D eigenvalue weighted by Crippen LogP contribution is 2.34. The van der Waals surface area contributed by atoms with E-state index in [4.69, 9.17) is 5.73 Å². The molecule has 2 rings (SSSR count). The molecule has 1 unspecified atom stereocenters. The van der Waals surface area contributed by atoms with Crippen LogP contribution in [0.1, 0.15) is 39.0 Å². The molecule has 114 valence electrons. The number of nitrogen functional groups attached to an aromatic ring is 1. The van der Waals surface area contributed by atoms with Crippen LogP contribution in [0.5, 0.6) is 0 Å². The fraction of sp³-hybridized carbons (Fsp3) is 0.500. The van der Waals surface area contributed by atoms with Crippen molar-refractivity contribution in [3.8, 4) is 11.1 Å². The Morgan fingerprint density at radius 3 is 2.29 bits per heavy atom. The maximum Gasteiger partial charge on any atom is 0.129 e. The monoisotopic (exact) mass is 285 g/mol. The van der Waals surface area contributed by atoms with E-state index in [1.165, 1.54) is 5.56 Å². The Kier molecular flexibility index (Phi) is 4.13. The SMILES string of the molecule is Cc1ccc(-c2c(CC(C)C(C)(C)C)nn(C)c2N)cc1. The first-order valence-corrected chi connectivity index (χ1v) is 7.58. The van der Waals surface area contributed by atoms with Crippen molar-refractivity contribution in [1.82, 2.24) is 9.78 Å². The molecule has 1 aromatic heterocycles. The Hall–Kier alpha value is -1.77. The molecule has 0 saturated carbocycles. The Labute approximate surface area is 128 Å². The van der Waals surface area contributed by atoms with Crippen molar-refractivity contribution < 1.29 is 0 Å². The van der Waals surface area contributed by atoms with E-state index in [1.807, 2.05) is 7.05 Å². The number of hydrogen-bond acceptors (Lipinski definition) is 2. The van der Waals surface area contributed by atoms with Crippen molar-refractivity contribution in [1.29, 1.82) is 0 Å². The quantitative estimate of drug-likeness (QED) is 0.918. The zero-order valence-electron chi connectivity index (χ0n) is 14.1. The molecule has 3 nitrogen and oxygen atoms in total. The summed E-state index contributed by atoms with van der Waals surface area (Å²) in [6.45, 7) is 11.2. The van der Waals surface area contributed by atoms with Gasteiger partial charge >= 0.3 is 0 Å². The van der Waals surface area contributed by atoms with Gasteiger partial charge in [0.1, 0.15) is 5.82 Å². The smallest absolute Gasteiger partial charge is 0.129 e. The summed E-state index contributed by atoms with van der Waals surface area (Å²) in [5.41, 5.74) is 11.1. The number of rotatable bonds is 3. The summed E-state index contributed by atoms with van der Waals surface area (Å²) < 4.78 is 1.79. The van der Waals surface area contributed by atoms with Gasteiger partial charge in [-0.2, -0.15) is 5.10 Å². The Morgan fingerprint density at radius 2 is 1.76 bits per heavy atom. The second-order valence-corrected chi connectivity index (χ2v) is 7.17. The van der Waals surface area contributed by atoms with Gasteiger partial charge in [0.05, 0.1) is 5.69 Å². The lowest BCUT2D eigenvalue weighted by molar-refractivity contribution is 0.258. The van der Waals surface area contributed by atoms with Crippen molar-refractivity contribution >= 4 is 5.82 Å². The Morgan fingerprint density at radius 1 is 1.19 bits per heavy atom. The zero-order valence-corrected chi connectivity index (χ0v) is 14.1. The summed E-state index contributed by atoms with van der Waals surface area (Å²) in [7, 11) is 1.91. The number of hydrogen-bond donors (Lipinski definition) is 1. The molecule has 2 aromatic rings. The first-order chi connectivity index (χ1) is 9.70. The van der Waals surface area contributed by atoms with Gasteiger partial charge in [-0.3, -0.25) is 4.68 Å². The van der Waals surface area contributed by atoms with E-state index < -0.39 is 0 Å². The molecule has 0 aliphatic rings. The first-order valence-electron chi connectivity index (χ1n) is 7.58. The normalized spacial score (nSPS) is 13.4. The van der Waals surface area contributed by atoms with Crippen LogP contribution in [0.15, 0.2) is 24.3 Å². The molecule has 0 amide bonds. The van der Waals surface area contributed by atoms with E-state index in [2.05, 4.69) is 64.0 Å². The summed E-state index contributed by atoms with van der Waals surface area (Å²) >= 11 is 0. The molecule has 0 fully saturated rings. The standard InChI is InChI=1S/C18H27N3/c1-12-7-9-14(10-8-12)16-15(20-21(6)17(16)19)11-13(2)18(3,4)5/h7-10,13H,11,19H2,1-6H3. The minimum atomic E-state index is 0.261. The summed E-state index contributed by atoms with van der Waals surface area (Å²) in [5.74, 6) is 1.28. The van der Waals surface area contributed by atoms with E-state index in [9.17, 15) is 0 Å². The molecule has 0 spiro atoms. The highest BCUT2D eigenvalue weighted by atomic mass is 15.3. The van der Waals surface area contributed by atoms with E-state index in [1.54, 1.807) is 4.68 Å². The molecule has 1 aromatic carbocycles. The fourth-order valence-corrected chi connectivity index (χ4v) is 2.37. The number of aryl methyl sites for hydroxylation is 2. The van der Waals surface area contributed by atoms with Crippen LogP contribution in [-0.2, 0) is 13.5 Å². The molecule has 0 radical (unpaired) electrons. The Balaban J connectivity index is 2.44. The first kappa shape index (κ1) is 15.6. The predicted octanol–water partition coefficient (Wildman–Crippen LogP) is 4.20. The van der Waals surface area contributed by atoms with Gasteiger partial charge in [-0.1, -0.05) is 57.5 Å². The minimum absolute atomic E-state index is 0.261. The van der Waals surface area contributed by atoms with Crippen LogP contribution in [0.4, 0.5) is 5.82 Å². The zero-order chi connectivity index (χ0) is 15.8. The second kappa shape index (κ2) is 5.55. The topological polar surface area (TPSA) is 43.8 Å². The van der Waals surface area contributed by atoms with E-state index in [-0.39, 0.29) is 5.41 Å². The van der Waals surface area contributed by atoms with Crippen LogP contribution in [0.25, 0.3) is 11.1 Å². The lowest BCUT2D eigenvalue weighted by Gasteiger charge is -2.26. The summed E-state index contributed by atoms with van der Waals surface area (Å²) in [6, 6.07) is 8.51. The van der Waals surface area contributed by atoms with Crippen LogP contribution >= 0.6 is 0 Å². The maximum absolute atomic E-state index is 6.26. The fourth-order valence-electron chi connectivity index (χ4n) is 2.37. The average Bonchev–Trinajstić information content (AvgIpc) is 2.65.